The molecule has 0 saturated carbocycles. The molecule has 3 aromatic rings. The summed E-state index contributed by atoms with van der Waals surface area (Å²) in [5.41, 5.74) is 1.48. The molecule has 1 N–H and O–H groups in total. The largest absolute Gasteiger partial charge is 0.493 e. The third-order valence-corrected chi connectivity index (χ3v) is 5.82. The Bertz CT molecular complexity index is 1230. The van der Waals surface area contributed by atoms with Gasteiger partial charge in [-0.05, 0) is 36.2 Å². The minimum atomic E-state index is -4.43. The van der Waals surface area contributed by atoms with Gasteiger partial charge in [-0.25, -0.2) is 4.98 Å². The summed E-state index contributed by atoms with van der Waals surface area (Å²) in [7, 11) is 3.05. The smallest absolute Gasteiger partial charge is 0.416 e. The first-order chi connectivity index (χ1) is 15.7. The van der Waals surface area contributed by atoms with Crippen molar-refractivity contribution in [1.82, 2.24) is 14.9 Å². The van der Waals surface area contributed by atoms with E-state index in [-0.39, 0.29) is 11.4 Å². The summed E-state index contributed by atoms with van der Waals surface area (Å²) in [4.78, 5) is 22.0. The number of benzene rings is 2. The second kappa shape index (κ2) is 9.07. The number of nitrogens with one attached hydrogen (secondary N) is 1. The third-order valence-electron chi connectivity index (χ3n) is 5.54. The van der Waals surface area contributed by atoms with Gasteiger partial charge in [-0.1, -0.05) is 23.7 Å². The molecule has 1 aliphatic rings. The van der Waals surface area contributed by atoms with Gasteiger partial charge in [-0.15, -0.1) is 0 Å². The first-order valence-electron chi connectivity index (χ1n) is 10.1. The number of aromatic amines is 1. The highest BCUT2D eigenvalue weighted by Crippen LogP contribution is 2.36. The molecule has 6 nitrogen and oxygen atoms in total. The molecule has 0 spiro atoms. The molecule has 2 aromatic carbocycles. The Labute approximate surface area is 192 Å². The lowest BCUT2D eigenvalue weighted by Crippen LogP contribution is -2.35. The fourth-order valence-electron chi connectivity index (χ4n) is 3.90. The number of ether oxygens (including phenoxy) is 2. The Balaban J connectivity index is 1.58. The zero-order valence-corrected chi connectivity index (χ0v) is 18.7. The van der Waals surface area contributed by atoms with Crippen LogP contribution in [0, 0.1) is 0 Å². The van der Waals surface area contributed by atoms with Crippen molar-refractivity contribution in [3.05, 3.63) is 74.2 Å². The predicted molar refractivity (Wildman–Crippen MR) is 118 cm³/mol. The van der Waals surface area contributed by atoms with Gasteiger partial charge in [0.2, 0.25) is 0 Å². The summed E-state index contributed by atoms with van der Waals surface area (Å²) in [5.74, 6) is 1.22. The van der Waals surface area contributed by atoms with Crippen molar-refractivity contribution < 1.29 is 22.6 Å². The molecule has 1 aromatic heterocycles. The maximum atomic E-state index is 12.8. The van der Waals surface area contributed by atoms with Crippen LogP contribution in [0.3, 0.4) is 0 Å². The minimum absolute atomic E-state index is 0.239. The van der Waals surface area contributed by atoms with Crippen molar-refractivity contribution in [3.63, 3.8) is 0 Å². The maximum Gasteiger partial charge on any atom is 0.416 e. The van der Waals surface area contributed by atoms with Crippen LogP contribution in [0.2, 0.25) is 5.02 Å². The number of H-pyrrole nitrogens is 1. The molecule has 0 saturated heterocycles. The van der Waals surface area contributed by atoms with Crippen LogP contribution in [0.25, 0.3) is 11.4 Å². The van der Waals surface area contributed by atoms with Crippen molar-refractivity contribution in [2.75, 3.05) is 20.8 Å². The van der Waals surface area contributed by atoms with Crippen LogP contribution in [0.4, 0.5) is 13.2 Å². The number of hydrogen-bond donors (Lipinski definition) is 1. The number of rotatable bonds is 5. The lowest BCUT2D eigenvalue weighted by molar-refractivity contribution is -0.137. The van der Waals surface area contributed by atoms with Gasteiger partial charge >= 0.3 is 6.18 Å². The van der Waals surface area contributed by atoms with Crippen LogP contribution < -0.4 is 15.0 Å². The van der Waals surface area contributed by atoms with Gasteiger partial charge in [-0.2, -0.15) is 13.2 Å². The van der Waals surface area contributed by atoms with Gasteiger partial charge in [0, 0.05) is 30.8 Å². The van der Waals surface area contributed by atoms with Crippen LogP contribution >= 0.6 is 11.6 Å². The molecule has 0 fully saturated rings. The third kappa shape index (κ3) is 4.84. The van der Waals surface area contributed by atoms with E-state index in [4.69, 9.17) is 21.1 Å². The minimum Gasteiger partial charge on any atom is -0.493 e. The summed E-state index contributed by atoms with van der Waals surface area (Å²) in [6, 6.07) is 8.21. The number of fused-ring (bicyclic) bond motifs is 1. The van der Waals surface area contributed by atoms with E-state index in [1.165, 1.54) is 26.4 Å². The highest BCUT2D eigenvalue weighted by atomic mass is 35.5. The molecule has 0 radical (unpaired) electrons. The molecular weight excluding hydrogens is 459 g/mol. The molecule has 2 heterocycles. The first kappa shape index (κ1) is 23.1. The first-order valence-corrected chi connectivity index (χ1v) is 10.5. The van der Waals surface area contributed by atoms with E-state index in [2.05, 4.69) is 14.9 Å². The zero-order valence-electron chi connectivity index (χ0n) is 17.9. The SMILES string of the molecule is COc1cc(CN2CCc3c(nc(-c4ccc(C(F)(F)F)cc4)[nH]c3=O)C2)cc(Cl)c1OC. The monoisotopic (exact) mass is 479 g/mol. The van der Waals surface area contributed by atoms with Crippen molar-refractivity contribution in [2.24, 2.45) is 0 Å². The lowest BCUT2D eigenvalue weighted by atomic mass is 10.0. The molecular formula is C23H21ClF3N3O3. The number of methoxy groups -OCH3 is 2. The van der Waals surface area contributed by atoms with Crippen LogP contribution in [0.15, 0.2) is 41.2 Å². The Morgan fingerprint density at radius 2 is 1.88 bits per heavy atom. The summed E-state index contributed by atoms with van der Waals surface area (Å²) in [6.07, 6.45) is -3.92. The zero-order chi connectivity index (χ0) is 23.8. The Morgan fingerprint density at radius 1 is 1.15 bits per heavy atom. The van der Waals surface area contributed by atoms with E-state index in [1.807, 2.05) is 6.07 Å². The second-order valence-electron chi connectivity index (χ2n) is 7.69. The summed E-state index contributed by atoms with van der Waals surface area (Å²) in [5, 5.41) is 0.434. The highest BCUT2D eigenvalue weighted by Gasteiger charge is 2.30. The Hall–Kier alpha value is -3.04. The molecule has 0 unspecified atom stereocenters. The highest BCUT2D eigenvalue weighted by molar-refractivity contribution is 6.32. The molecule has 1 aliphatic heterocycles. The Kier molecular flexibility index (Phi) is 6.36. The van der Waals surface area contributed by atoms with E-state index in [0.29, 0.717) is 59.4 Å². The van der Waals surface area contributed by atoms with E-state index in [1.54, 1.807) is 6.07 Å². The van der Waals surface area contributed by atoms with Gasteiger partial charge in [0.15, 0.2) is 11.5 Å². The van der Waals surface area contributed by atoms with Crippen molar-refractivity contribution >= 4 is 11.6 Å². The Morgan fingerprint density at radius 3 is 2.52 bits per heavy atom. The summed E-state index contributed by atoms with van der Waals surface area (Å²) < 4.78 is 49.2. The molecule has 0 amide bonds. The van der Waals surface area contributed by atoms with Gasteiger partial charge in [-0.3, -0.25) is 9.69 Å². The molecule has 4 rings (SSSR count). The number of hydrogen-bond acceptors (Lipinski definition) is 5. The number of halogens is 4. The van der Waals surface area contributed by atoms with E-state index >= 15 is 0 Å². The molecule has 0 atom stereocenters. The molecule has 174 valence electrons. The fourth-order valence-corrected chi connectivity index (χ4v) is 4.21. The van der Waals surface area contributed by atoms with Crippen molar-refractivity contribution in [2.45, 2.75) is 25.7 Å². The molecule has 0 bridgehead atoms. The van der Waals surface area contributed by atoms with Gasteiger partial charge in [0.05, 0.1) is 30.5 Å². The number of aromatic nitrogens is 2. The van der Waals surface area contributed by atoms with E-state index in [0.717, 1.165) is 17.7 Å². The van der Waals surface area contributed by atoms with Gasteiger partial charge in [0.1, 0.15) is 5.82 Å². The molecule has 33 heavy (non-hydrogen) atoms. The average Bonchev–Trinajstić information content (AvgIpc) is 2.78. The van der Waals surface area contributed by atoms with E-state index < -0.39 is 11.7 Å². The topological polar surface area (TPSA) is 67.5 Å². The number of nitrogens with zero attached hydrogens (tertiary/aromatic N) is 2. The summed E-state index contributed by atoms with van der Waals surface area (Å²) in [6.45, 7) is 1.60. The van der Waals surface area contributed by atoms with Crippen molar-refractivity contribution in [1.29, 1.82) is 0 Å². The fraction of sp³-hybridized carbons (Fsp3) is 0.304. The quantitative estimate of drug-likeness (QED) is 0.575. The lowest BCUT2D eigenvalue weighted by Gasteiger charge is -2.28. The normalized spacial score (nSPS) is 14.1. The van der Waals surface area contributed by atoms with Crippen molar-refractivity contribution in [3.8, 4) is 22.9 Å². The molecule has 0 aliphatic carbocycles. The summed E-state index contributed by atoms with van der Waals surface area (Å²) >= 11 is 6.31. The van der Waals surface area contributed by atoms with Gasteiger partial charge in [0.25, 0.3) is 5.56 Å². The number of alkyl halides is 3. The van der Waals surface area contributed by atoms with Crippen LogP contribution in [0.5, 0.6) is 11.5 Å². The van der Waals surface area contributed by atoms with Gasteiger partial charge < -0.3 is 14.5 Å². The standard InChI is InChI=1S/C23H21ClF3N3O3/c1-32-19-10-13(9-17(24)20(19)33-2)11-30-8-7-16-18(12-30)28-21(29-22(16)31)14-3-5-15(6-4-14)23(25,26)27/h3-6,9-10H,7-8,11-12H2,1-2H3,(H,28,29,31). The van der Waals surface area contributed by atoms with Crippen LogP contribution in [-0.4, -0.2) is 35.6 Å². The second-order valence-corrected chi connectivity index (χ2v) is 8.10. The average molecular weight is 480 g/mol. The predicted octanol–water partition coefficient (Wildman–Crippen LogP) is 4.68. The maximum absolute atomic E-state index is 12.8. The van der Waals surface area contributed by atoms with Crippen LogP contribution in [-0.2, 0) is 25.7 Å². The van der Waals surface area contributed by atoms with Crippen LogP contribution in [0.1, 0.15) is 22.4 Å². The van der Waals surface area contributed by atoms with E-state index in [9.17, 15) is 18.0 Å². The molecule has 10 heteroatoms.